The number of hydrogen-bond donors (Lipinski definition) is 1. The highest BCUT2D eigenvalue weighted by Crippen LogP contribution is 2.31. The lowest BCUT2D eigenvalue weighted by atomic mass is 9.96. The van der Waals surface area contributed by atoms with Crippen LogP contribution in [0.3, 0.4) is 0 Å². The van der Waals surface area contributed by atoms with E-state index in [-0.39, 0.29) is 11.5 Å². The van der Waals surface area contributed by atoms with Gasteiger partial charge >= 0.3 is 5.97 Å². The number of methoxy groups -OCH3 is 1. The third-order valence-electron chi connectivity index (χ3n) is 6.93. The van der Waals surface area contributed by atoms with Gasteiger partial charge in [0.15, 0.2) is 5.82 Å². The molecule has 0 fully saturated rings. The van der Waals surface area contributed by atoms with E-state index in [9.17, 15) is 9.59 Å². The van der Waals surface area contributed by atoms with Crippen molar-refractivity contribution in [3.05, 3.63) is 75.7 Å². The molecule has 1 N–H and O–H groups in total. The van der Waals surface area contributed by atoms with Crippen molar-refractivity contribution >= 4 is 5.97 Å². The molecule has 0 saturated heterocycles. The maximum atomic E-state index is 13.5. The van der Waals surface area contributed by atoms with Gasteiger partial charge in [0.25, 0.3) is 5.56 Å². The van der Waals surface area contributed by atoms with Crippen molar-refractivity contribution in [1.82, 2.24) is 30.0 Å². The molecule has 2 aromatic heterocycles. The number of benzene rings is 2. The summed E-state index contributed by atoms with van der Waals surface area (Å²) in [5.41, 5.74) is 5.77. The van der Waals surface area contributed by atoms with Gasteiger partial charge in [-0.3, -0.25) is 9.48 Å². The van der Waals surface area contributed by atoms with Crippen LogP contribution in [0.1, 0.15) is 55.5 Å². The number of carbonyl (C=O) groups excluding carboxylic acids is 1. The zero-order valence-corrected chi connectivity index (χ0v) is 20.6. The molecule has 0 bridgehead atoms. The molecule has 0 spiro atoms. The summed E-state index contributed by atoms with van der Waals surface area (Å²) in [4.78, 5) is 26.0. The van der Waals surface area contributed by atoms with E-state index in [2.05, 4.69) is 51.8 Å². The number of carbonyl (C=O) groups is 1. The molecular weight excluding hydrogens is 456 g/mol. The summed E-state index contributed by atoms with van der Waals surface area (Å²) in [6, 6.07) is 15.8. The predicted molar refractivity (Wildman–Crippen MR) is 135 cm³/mol. The Hall–Kier alpha value is -4.01. The van der Waals surface area contributed by atoms with Gasteiger partial charge < -0.3 is 4.74 Å². The first-order chi connectivity index (χ1) is 17.6. The number of unbranched alkanes of at least 4 members (excludes halogenated alkanes) is 1. The highest BCUT2D eigenvalue weighted by atomic mass is 16.5. The molecule has 4 aromatic rings. The summed E-state index contributed by atoms with van der Waals surface area (Å²) in [5.74, 6) is 0.329. The average Bonchev–Trinajstić information content (AvgIpc) is 3.55. The van der Waals surface area contributed by atoms with Crippen LogP contribution >= 0.6 is 0 Å². The number of H-pyrrole nitrogens is 1. The van der Waals surface area contributed by atoms with Gasteiger partial charge in [0, 0.05) is 29.8 Å². The quantitative estimate of drug-likeness (QED) is 0.378. The summed E-state index contributed by atoms with van der Waals surface area (Å²) in [5, 5.41) is 14.3. The summed E-state index contributed by atoms with van der Waals surface area (Å²) < 4.78 is 8.76. The van der Waals surface area contributed by atoms with E-state index in [0.717, 1.165) is 59.2 Å². The number of rotatable bonds is 8. The Kier molecular flexibility index (Phi) is 6.79. The maximum absolute atomic E-state index is 13.5. The number of aromatic amines is 1. The van der Waals surface area contributed by atoms with Crippen LogP contribution in [0.4, 0.5) is 0 Å². The van der Waals surface area contributed by atoms with Gasteiger partial charge in [-0.05, 0) is 52.8 Å². The molecule has 1 aliphatic rings. The minimum atomic E-state index is -0.443. The number of aromatic nitrogens is 6. The van der Waals surface area contributed by atoms with Crippen LogP contribution in [0.15, 0.2) is 53.3 Å². The van der Waals surface area contributed by atoms with Gasteiger partial charge in [-0.1, -0.05) is 61.9 Å². The van der Waals surface area contributed by atoms with E-state index >= 15 is 0 Å². The molecule has 0 radical (unpaired) electrons. The smallest absolute Gasteiger partial charge is 0.330 e. The van der Waals surface area contributed by atoms with E-state index < -0.39 is 6.04 Å². The first kappa shape index (κ1) is 23.7. The normalized spacial score (nSPS) is 15.0. The molecular formula is C27H30N6O3. The molecule has 2 aromatic carbocycles. The highest BCUT2D eigenvalue weighted by molar-refractivity contribution is 5.80. The fourth-order valence-electron chi connectivity index (χ4n) is 5.15. The summed E-state index contributed by atoms with van der Waals surface area (Å²) in [6.45, 7) is 2.76. The minimum Gasteiger partial charge on any atom is -0.467 e. The Morgan fingerprint density at radius 1 is 1.14 bits per heavy atom. The van der Waals surface area contributed by atoms with Crippen LogP contribution in [-0.2, 0) is 28.9 Å². The molecule has 9 nitrogen and oxygen atoms in total. The SMILES string of the molecule is CCCCc1c(Cc2ccc(-c3ccccc3-c3nnn[nH]3)cc2)c(=O)n2n1C(C(=O)OC)CCC2. The summed E-state index contributed by atoms with van der Waals surface area (Å²) in [7, 11) is 1.41. The Morgan fingerprint density at radius 3 is 2.61 bits per heavy atom. The summed E-state index contributed by atoms with van der Waals surface area (Å²) in [6.07, 6.45) is 4.72. The molecule has 1 aliphatic heterocycles. The van der Waals surface area contributed by atoms with Gasteiger partial charge in [0.05, 0.1) is 7.11 Å². The van der Waals surface area contributed by atoms with Crippen LogP contribution in [0, 0.1) is 0 Å². The molecule has 1 unspecified atom stereocenters. The van der Waals surface area contributed by atoms with Gasteiger partial charge in [-0.25, -0.2) is 14.6 Å². The molecule has 5 rings (SSSR count). The van der Waals surface area contributed by atoms with Crippen molar-refractivity contribution in [2.24, 2.45) is 0 Å². The van der Waals surface area contributed by atoms with E-state index in [1.807, 2.05) is 28.9 Å². The van der Waals surface area contributed by atoms with Crippen molar-refractivity contribution in [3.8, 4) is 22.5 Å². The first-order valence-electron chi connectivity index (χ1n) is 12.5. The monoisotopic (exact) mass is 486 g/mol. The molecule has 9 heteroatoms. The molecule has 3 heterocycles. The van der Waals surface area contributed by atoms with Gasteiger partial charge in [0.2, 0.25) is 0 Å². The topological polar surface area (TPSA) is 108 Å². The number of hydrogen-bond acceptors (Lipinski definition) is 6. The van der Waals surface area contributed by atoms with Crippen LogP contribution in [-0.4, -0.2) is 43.1 Å². The number of fused-ring (bicyclic) bond motifs is 1. The number of ether oxygens (including phenoxy) is 1. The van der Waals surface area contributed by atoms with Gasteiger partial charge in [0.1, 0.15) is 6.04 Å². The van der Waals surface area contributed by atoms with E-state index in [4.69, 9.17) is 4.74 Å². The van der Waals surface area contributed by atoms with E-state index in [1.165, 1.54) is 7.11 Å². The molecule has 0 aliphatic carbocycles. The van der Waals surface area contributed by atoms with Gasteiger partial charge in [-0.15, -0.1) is 5.10 Å². The second-order valence-electron chi connectivity index (χ2n) is 9.15. The zero-order valence-electron chi connectivity index (χ0n) is 20.6. The third-order valence-corrected chi connectivity index (χ3v) is 6.93. The predicted octanol–water partition coefficient (Wildman–Crippen LogP) is 3.94. The number of esters is 1. The molecule has 1 atom stereocenters. The zero-order chi connectivity index (χ0) is 25.1. The third kappa shape index (κ3) is 4.36. The van der Waals surface area contributed by atoms with Crippen LogP contribution in [0.5, 0.6) is 0 Å². The second kappa shape index (κ2) is 10.3. The van der Waals surface area contributed by atoms with Crippen molar-refractivity contribution in [2.45, 2.75) is 58.0 Å². The Labute approximate surface area is 209 Å². The Bertz CT molecular complexity index is 1400. The minimum absolute atomic E-state index is 0.00180. The fraction of sp³-hybridized carbons (Fsp3) is 0.370. The largest absolute Gasteiger partial charge is 0.467 e. The molecule has 186 valence electrons. The number of tetrazole rings is 1. The van der Waals surface area contributed by atoms with E-state index in [0.29, 0.717) is 25.2 Å². The fourth-order valence-corrected chi connectivity index (χ4v) is 5.15. The van der Waals surface area contributed by atoms with Crippen molar-refractivity contribution in [3.63, 3.8) is 0 Å². The van der Waals surface area contributed by atoms with Crippen LogP contribution in [0.25, 0.3) is 22.5 Å². The second-order valence-corrected chi connectivity index (χ2v) is 9.15. The molecule has 36 heavy (non-hydrogen) atoms. The first-order valence-corrected chi connectivity index (χ1v) is 12.5. The van der Waals surface area contributed by atoms with Crippen LogP contribution < -0.4 is 5.56 Å². The van der Waals surface area contributed by atoms with Crippen LogP contribution in [0.2, 0.25) is 0 Å². The van der Waals surface area contributed by atoms with Crippen molar-refractivity contribution in [2.75, 3.05) is 7.11 Å². The highest BCUT2D eigenvalue weighted by Gasteiger charge is 2.32. The average molecular weight is 487 g/mol. The summed E-state index contributed by atoms with van der Waals surface area (Å²) >= 11 is 0. The molecule has 0 amide bonds. The standard InChI is InChI=1S/C27H30N6O3/c1-3-4-10-23-22(26(34)32-16-7-11-24(33(23)32)27(35)36-2)17-18-12-14-19(15-13-18)20-8-5-6-9-21(20)25-28-30-31-29-25/h5-6,8-9,12-15,24H,3-4,7,10-11,16-17H2,1-2H3,(H,28,29,30,31). The van der Waals surface area contributed by atoms with Crippen molar-refractivity contribution < 1.29 is 9.53 Å². The number of nitrogens with zero attached hydrogens (tertiary/aromatic N) is 5. The molecule has 0 saturated carbocycles. The van der Waals surface area contributed by atoms with E-state index in [1.54, 1.807) is 4.68 Å². The Balaban J connectivity index is 1.49. The van der Waals surface area contributed by atoms with Crippen molar-refractivity contribution in [1.29, 1.82) is 0 Å². The lowest BCUT2D eigenvalue weighted by Crippen LogP contribution is -2.35. The number of nitrogens with one attached hydrogen (secondary N) is 1. The van der Waals surface area contributed by atoms with Gasteiger partial charge in [-0.2, -0.15) is 0 Å². The Morgan fingerprint density at radius 2 is 1.92 bits per heavy atom. The lowest BCUT2D eigenvalue weighted by molar-refractivity contribution is -0.146. The maximum Gasteiger partial charge on any atom is 0.330 e. The lowest BCUT2D eigenvalue weighted by Gasteiger charge is -2.27.